The number of para-hydroxylation sites is 1. The van der Waals surface area contributed by atoms with Crippen molar-refractivity contribution in [2.75, 3.05) is 12.4 Å². The number of aromatic nitrogens is 1. The molecule has 0 fully saturated rings. The van der Waals surface area contributed by atoms with Crippen molar-refractivity contribution in [2.24, 2.45) is 4.99 Å². The molecule has 5 aromatic rings. The summed E-state index contributed by atoms with van der Waals surface area (Å²) in [5.74, 6) is 1.01. The Labute approximate surface area is 252 Å². The SMILES string of the molecule is COc1cccc([C@H]2C(C(=O)Nc3ccccc3)=C(C)N=c3s/c(=C/c4cccc(OCc5ccccc5)c4)c(=O)n32)c1. The number of nitrogens with one attached hydrogen (secondary N) is 1. The van der Waals surface area contributed by atoms with Crippen LogP contribution in [-0.4, -0.2) is 17.6 Å². The van der Waals surface area contributed by atoms with Crippen LogP contribution < -0.4 is 29.7 Å². The third-order valence-electron chi connectivity index (χ3n) is 7.11. The van der Waals surface area contributed by atoms with E-state index in [9.17, 15) is 9.59 Å². The third-order valence-corrected chi connectivity index (χ3v) is 8.09. The molecule has 1 aliphatic rings. The van der Waals surface area contributed by atoms with Gasteiger partial charge in [0.2, 0.25) is 0 Å². The van der Waals surface area contributed by atoms with E-state index in [2.05, 4.69) is 5.32 Å². The molecule has 1 aliphatic heterocycles. The first-order chi connectivity index (χ1) is 21.0. The molecule has 8 heteroatoms. The molecule has 7 nitrogen and oxygen atoms in total. The van der Waals surface area contributed by atoms with Gasteiger partial charge in [0.25, 0.3) is 11.5 Å². The maximum absolute atomic E-state index is 14.1. The van der Waals surface area contributed by atoms with Crippen LogP contribution in [0.15, 0.2) is 130 Å². The lowest BCUT2D eigenvalue weighted by Gasteiger charge is -2.25. The number of amides is 1. The Hall–Kier alpha value is -5.21. The number of carbonyl (C=O) groups is 1. The molecule has 0 saturated heterocycles. The summed E-state index contributed by atoms with van der Waals surface area (Å²) in [6, 6.07) is 33.6. The highest BCUT2D eigenvalue weighted by molar-refractivity contribution is 7.07. The number of rotatable bonds is 8. The number of thiazole rings is 1. The van der Waals surface area contributed by atoms with E-state index in [0.717, 1.165) is 16.7 Å². The van der Waals surface area contributed by atoms with Crippen LogP contribution in [-0.2, 0) is 11.4 Å². The van der Waals surface area contributed by atoms with Crippen molar-refractivity contribution < 1.29 is 14.3 Å². The molecule has 43 heavy (non-hydrogen) atoms. The minimum Gasteiger partial charge on any atom is -0.497 e. The highest BCUT2D eigenvalue weighted by Crippen LogP contribution is 2.32. The fourth-order valence-electron chi connectivity index (χ4n) is 5.05. The van der Waals surface area contributed by atoms with Gasteiger partial charge in [0.05, 0.1) is 29.0 Å². The van der Waals surface area contributed by atoms with E-state index in [4.69, 9.17) is 14.5 Å². The summed E-state index contributed by atoms with van der Waals surface area (Å²) < 4.78 is 13.6. The molecule has 2 heterocycles. The van der Waals surface area contributed by atoms with Gasteiger partial charge in [0, 0.05) is 5.69 Å². The zero-order valence-corrected chi connectivity index (χ0v) is 24.5. The van der Waals surface area contributed by atoms with Crippen molar-refractivity contribution in [2.45, 2.75) is 19.6 Å². The second kappa shape index (κ2) is 12.3. The van der Waals surface area contributed by atoms with Crippen molar-refractivity contribution >= 4 is 29.0 Å². The third kappa shape index (κ3) is 6.05. The predicted octanol–water partition coefficient (Wildman–Crippen LogP) is 5.46. The maximum Gasteiger partial charge on any atom is 0.271 e. The van der Waals surface area contributed by atoms with Gasteiger partial charge >= 0.3 is 0 Å². The number of fused-ring (bicyclic) bond motifs is 1. The van der Waals surface area contributed by atoms with Gasteiger partial charge in [-0.05, 0) is 66.1 Å². The van der Waals surface area contributed by atoms with Crippen molar-refractivity contribution in [1.29, 1.82) is 0 Å². The number of nitrogens with zero attached hydrogens (tertiary/aromatic N) is 2. The predicted molar refractivity (Wildman–Crippen MR) is 169 cm³/mol. The van der Waals surface area contributed by atoms with Crippen LogP contribution in [0.3, 0.4) is 0 Å². The number of anilines is 1. The van der Waals surface area contributed by atoms with Crippen LogP contribution in [0.1, 0.15) is 29.7 Å². The van der Waals surface area contributed by atoms with Crippen LogP contribution >= 0.6 is 11.3 Å². The molecule has 1 aromatic heterocycles. The van der Waals surface area contributed by atoms with E-state index in [1.807, 2.05) is 115 Å². The Balaban J connectivity index is 1.40. The summed E-state index contributed by atoms with van der Waals surface area (Å²) in [5, 5.41) is 2.98. The number of ether oxygens (including phenoxy) is 2. The lowest BCUT2D eigenvalue weighted by Crippen LogP contribution is -2.40. The quantitative estimate of drug-likeness (QED) is 0.261. The number of allylic oxidation sites excluding steroid dienone is 1. The van der Waals surface area contributed by atoms with Gasteiger partial charge in [-0.15, -0.1) is 0 Å². The smallest absolute Gasteiger partial charge is 0.271 e. The van der Waals surface area contributed by atoms with Crippen LogP contribution in [0, 0.1) is 0 Å². The van der Waals surface area contributed by atoms with Gasteiger partial charge < -0.3 is 14.8 Å². The van der Waals surface area contributed by atoms with Crippen molar-refractivity contribution in [3.8, 4) is 11.5 Å². The largest absolute Gasteiger partial charge is 0.497 e. The van der Waals surface area contributed by atoms with Gasteiger partial charge in [-0.2, -0.15) is 0 Å². The highest BCUT2D eigenvalue weighted by Gasteiger charge is 2.32. The Morgan fingerprint density at radius 3 is 2.42 bits per heavy atom. The van der Waals surface area contributed by atoms with Crippen LogP contribution in [0.25, 0.3) is 6.08 Å². The molecular formula is C35H29N3O4S. The summed E-state index contributed by atoms with van der Waals surface area (Å²) >= 11 is 1.29. The Morgan fingerprint density at radius 2 is 1.65 bits per heavy atom. The van der Waals surface area contributed by atoms with Gasteiger partial charge in [0.1, 0.15) is 18.1 Å². The molecule has 214 valence electrons. The number of benzene rings is 4. The van der Waals surface area contributed by atoms with Crippen LogP contribution in [0.4, 0.5) is 5.69 Å². The molecule has 6 rings (SSSR count). The minimum absolute atomic E-state index is 0.232. The van der Waals surface area contributed by atoms with Crippen molar-refractivity contribution in [3.05, 3.63) is 157 Å². The van der Waals surface area contributed by atoms with Crippen molar-refractivity contribution in [1.82, 2.24) is 4.57 Å². The van der Waals surface area contributed by atoms with Crippen molar-refractivity contribution in [3.63, 3.8) is 0 Å². The summed E-state index contributed by atoms with van der Waals surface area (Å²) in [7, 11) is 1.59. The highest BCUT2D eigenvalue weighted by atomic mass is 32.1. The first-order valence-electron chi connectivity index (χ1n) is 13.8. The first kappa shape index (κ1) is 27.9. The average molecular weight is 588 g/mol. The second-order valence-electron chi connectivity index (χ2n) is 10.0. The van der Waals surface area contributed by atoms with Gasteiger partial charge in [0.15, 0.2) is 4.80 Å². The topological polar surface area (TPSA) is 81.9 Å². The monoisotopic (exact) mass is 587 g/mol. The molecular weight excluding hydrogens is 558 g/mol. The normalized spacial score (nSPS) is 14.6. The summed E-state index contributed by atoms with van der Waals surface area (Å²) in [6.45, 7) is 2.25. The molecule has 1 amide bonds. The van der Waals surface area contributed by atoms with E-state index >= 15 is 0 Å². The number of carbonyl (C=O) groups excluding carboxylic acids is 1. The average Bonchev–Trinajstić information content (AvgIpc) is 3.34. The fourth-order valence-corrected chi connectivity index (χ4v) is 6.09. The van der Waals surface area contributed by atoms with Crippen LogP contribution in [0.2, 0.25) is 0 Å². The first-order valence-corrected chi connectivity index (χ1v) is 14.6. The van der Waals surface area contributed by atoms with E-state index in [0.29, 0.717) is 44.4 Å². The summed E-state index contributed by atoms with van der Waals surface area (Å²) in [5.41, 5.74) is 4.01. The summed E-state index contributed by atoms with van der Waals surface area (Å²) in [6.07, 6.45) is 1.84. The Bertz CT molecular complexity index is 2000. The van der Waals surface area contributed by atoms with E-state index in [1.54, 1.807) is 18.6 Å². The Kier molecular flexibility index (Phi) is 8.02. The number of methoxy groups -OCH3 is 1. The molecule has 1 atom stereocenters. The molecule has 0 radical (unpaired) electrons. The Morgan fingerprint density at radius 1 is 0.930 bits per heavy atom. The second-order valence-corrected chi connectivity index (χ2v) is 11.0. The molecule has 0 saturated carbocycles. The standard InChI is InChI=1S/C35H29N3O4S/c1-23-31(33(39)37-27-15-7-4-8-16-27)32(26-14-10-17-28(21-26)41-2)38-34(40)30(43-35(38)36-23)20-25-13-9-18-29(19-25)42-22-24-11-5-3-6-12-24/h3-21,32H,22H2,1-2H3,(H,37,39)/b30-20+/t32-/m0/s1. The maximum atomic E-state index is 14.1. The minimum atomic E-state index is -0.697. The zero-order valence-electron chi connectivity index (χ0n) is 23.7. The van der Waals surface area contributed by atoms with E-state index in [1.165, 1.54) is 11.3 Å². The van der Waals surface area contributed by atoms with E-state index in [-0.39, 0.29) is 11.5 Å². The lowest BCUT2D eigenvalue weighted by atomic mass is 9.95. The molecule has 0 unspecified atom stereocenters. The van der Waals surface area contributed by atoms with Crippen LogP contribution in [0.5, 0.6) is 11.5 Å². The molecule has 4 aromatic carbocycles. The van der Waals surface area contributed by atoms with Gasteiger partial charge in [-0.25, -0.2) is 4.99 Å². The number of hydrogen-bond acceptors (Lipinski definition) is 6. The fraction of sp³-hybridized carbons (Fsp3) is 0.114. The zero-order chi connectivity index (χ0) is 29.8. The molecule has 1 N–H and O–H groups in total. The molecule has 0 spiro atoms. The van der Waals surface area contributed by atoms with E-state index < -0.39 is 6.04 Å². The number of hydrogen-bond donors (Lipinski definition) is 1. The lowest BCUT2D eigenvalue weighted by molar-refractivity contribution is -0.113. The van der Waals surface area contributed by atoms with Gasteiger partial charge in [-0.1, -0.05) is 84.1 Å². The van der Waals surface area contributed by atoms with Gasteiger partial charge in [-0.3, -0.25) is 14.2 Å². The molecule has 0 aliphatic carbocycles. The summed E-state index contributed by atoms with van der Waals surface area (Å²) in [4.78, 5) is 33.1. The molecule has 0 bridgehead atoms.